The summed E-state index contributed by atoms with van der Waals surface area (Å²) in [6.45, 7) is 6.47. The summed E-state index contributed by atoms with van der Waals surface area (Å²) in [6, 6.07) is 11.4. The largest absolute Gasteiger partial charge is 0.324 e. The van der Waals surface area contributed by atoms with Gasteiger partial charge >= 0.3 is 0 Å². The van der Waals surface area contributed by atoms with E-state index < -0.39 is 0 Å². The summed E-state index contributed by atoms with van der Waals surface area (Å²) in [5.74, 6) is -0.0393. The summed E-state index contributed by atoms with van der Waals surface area (Å²) >= 11 is 1.35. The summed E-state index contributed by atoms with van der Waals surface area (Å²) in [4.78, 5) is 32.3. The molecule has 28 heavy (non-hydrogen) atoms. The molecule has 0 atom stereocenters. The first-order chi connectivity index (χ1) is 13.3. The number of aromatic nitrogens is 2. The number of anilines is 2. The molecule has 0 radical (unpaired) electrons. The van der Waals surface area contributed by atoms with Gasteiger partial charge in [0.05, 0.1) is 23.8 Å². The van der Waals surface area contributed by atoms with E-state index in [0.717, 1.165) is 5.56 Å². The Morgan fingerprint density at radius 1 is 1.00 bits per heavy atom. The fourth-order valence-electron chi connectivity index (χ4n) is 2.56. The van der Waals surface area contributed by atoms with E-state index in [0.29, 0.717) is 17.2 Å². The lowest BCUT2D eigenvalue weighted by molar-refractivity contribution is -0.115. The number of carbonyl (C=O) groups is 2. The summed E-state index contributed by atoms with van der Waals surface area (Å²) in [6.07, 6.45) is 1.80. The number of benzene rings is 1. The minimum absolute atomic E-state index is 0.0864. The SMILES string of the molecule is CC(C)(C)c1ccc(CC(=O)Nc2ccc(NC(=O)c3cscn3)nc2)cc1. The molecule has 1 aromatic carbocycles. The van der Waals surface area contributed by atoms with Gasteiger partial charge in [-0.25, -0.2) is 9.97 Å². The molecule has 3 aromatic rings. The summed E-state index contributed by atoms with van der Waals surface area (Å²) in [7, 11) is 0. The molecular formula is C21H22N4O2S. The lowest BCUT2D eigenvalue weighted by Crippen LogP contribution is -2.16. The Hall–Kier alpha value is -3.06. The highest BCUT2D eigenvalue weighted by molar-refractivity contribution is 7.07. The number of nitrogens with zero attached hydrogens (tertiary/aromatic N) is 2. The van der Waals surface area contributed by atoms with E-state index in [1.165, 1.54) is 23.1 Å². The highest BCUT2D eigenvalue weighted by atomic mass is 32.1. The van der Waals surface area contributed by atoms with Gasteiger partial charge < -0.3 is 10.6 Å². The van der Waals surface area contributed by atoms with Crippen LogP contribution in [0.25, 0.3) is 0 Å². The number of nitrogens with one attached hydrogen (secondary N) is 2. The Bertz CT molecular complexity index is 944. The Labute approximate surface area is 168 Å². The third kappa shape index (κ3) is 5.23. The van der Waals surface area contributed by atoms with Crippen LogP contribution in [0.1, 0.15) is 42.4 Å². The molecule has 2 N–H and O–H groups in total. The number of thiazole rings is 1. The van der Waals surface area contributed by atoms with Crippen LogP contribution in [0.5, 0.6) is 0 Å². The summed E-state index contributed by atoms with van der Waals surface area (Å²) in [5.41, 5.74) is 4.78. The van der Waals surface area contributed by atoms with Crippen molar-refractivity contribution in [2.24, 2.45) is 0 Å². The van der Waals surface area contributed by atoms with Gasteiger partial charge in [-0.05, 0) is 28.7 Å². The molecule has 2 aromatic heterocycles. The molecule has 0 aliphatic carbocycles. The summed E-state index contributed by atoms with van der Waals surface area (Å²) < 4.78 is 0. The van der Waals surface area contributed by atoms with Gasteiger partial charge in [0.1, 0.15) is 11.5 Å². The molecule has 0 saturated carbocycles. The van der Waals surface area contributed by atoms with Crippen LogP contribution >= 0.6 is 11.3 Å². The molecule has 0 aliphatic rings. The van der Waals surface area contributed by atoms with Gasteiger partial charge in [-0.15, -0.1) is 11.3 Å². The first-order valence-electron chi connectivity index (χ1n) is 8.86. The highest BCUT2D eigenvalue weighted by Gasteiger charge is 2.13. The van der Waals surface area contributed by atoms with Crippen molar-refractivity contribution in [3.05, 3.63) is 70.3 Å². The lowest BCUT2D eigenvalue weighted by atomic mass is 9.86. The zero-order chi connectivity index (χ0) is 20.1. The zero-order valence-electron chi connectivity index (χ0n) is 16.0. The molecular weight excluding hydrogens is 372 g/mol. The zero-order valence-corrected chi connectivity index (χ0v) is 16.8. The Balaban J connectivity index is 1.55. The fourth-order valence-corrected chi connectivity index (χ4v) is 3.09. The van der Waals surface area contributed by atoms with Crippen LogP contribution in [0.2, 0.25) is 0 Å². The van der Waals surface area contributed by atoms with E-state index in [4.69, 9.17) is 0 Å². The van der Waals surface area contributed by atoms with Gasteiger partial charge in [0.2, 0.25) is 5.91 Å². The molecule has 0 spiro atoms. The maximum Gasteiger partial charge on any atom is 0.276 e. The number of carbonyl (C=O) groups excluding carboxylic acids is 2. The van der Waals surface area contributed by atoms with Gasteiger partial charge in [0.25, 0.3) is 5.91 Å². The van der Waals surface area contributed by atoms with Gasteiger partial charge in [0, 0.05) is 5.38 Å². The van der Waals surface area contributed by atoms with Gasteiger partial charge in [-0.1, -0.05) is 45.0 Å². The molecule has 2 heterocycles. The number of rotatable bonds is 5. The van der Waals surface area contributed by atoms with Crippen molar-refractivity contribution in [2.45, 2.75) is 32.6 Å². The predicted molar refractivity (Wildman–Crippen MR) is 112 cm³/mol. The first-order valence-corrected chi connectivity index (χ1v) is 9.80. The van der Waals surface area contributed by atoms with Crippen LogP contribution in [0.3, 0.4) is 0 Å². The summed E-state index contributed by atoms with van der Waals surface area (Å²) in [5, 5.41) is 7.15. The normalized spacial score (nSPS) is 11.1. The average Bonchev–Trinajstić information content (AvgIpc) is 3.18. The molecule has 0 fully saturated rings. The quantitative estimate of drug-likeness (QED) is 0.677. The second kappa shape index (κ2) is 8.31. The predicted octanol–water partition coefficient (Wildman–Crippen LogP) is 4.27. The number of hydrogen-bond donors (Lipinski definition) is 2. The van der Waals surface area contributed by atoms with Crippen molar-refractivity contribution in [1.82, 2.24) is 9.97 Å². The van der Waals surface area contributed by atoms with E-state index in [9.17, 15) is 9.59 Å². The van der Waals surface area contributed by atoms with Crippen LogP contribution in [-0.4, -0.2) is 21.8 Å². The van der Waals surface area contributed by atoms with Gasteiger partial charge in [-0.3, -0.25) is 9.59 Å². The number of hydrogen-bond acceptors (Lipinski definition) is 5. The first kappa shape index (κ1) is 19.7. The maximum atomic E-state index is 12.3. The molecule has 0 aliphatic heterocycles. The number of pyridine rings is 1. The molecule has 0 saturated heterocycles. The van der Waals surface area contributed by atoms with Crippen molar-refractivity contribution >= 4 is 34.7 Å². The van der Waals surface area contributed by atoms with Crippen LogP contribution in [0.4, 0.5) is 11.5 Å². The number of amides is 2. The minimum Gasteiger partial charge on any atom is -0.324 e. The van der Waals surface area contributed by atoms with Gasteiger partial charge in [0.15, 0.2) is 0 Å². The van der Waals surface area contributed by atoms with Crippen molar-refractivity contribution in [2.75, 3.05) is 10.6 Å². The van der Waals surface area contributed by atoms with E-state index in [1.807, 2.05) is 12.1 Å². The smallest absolute Gasteiger partial charge is 0.276 e. The highest BCUT2D eigenvalue weighted by Crippen LogP contribution is 2.22. The van der Waals surface area contributed by atoms with E-state index >= 15 is 0 Å². The second-order valence-corrected chi connectivity index (χ2v) is 8.15. The molecule has 7 heteroatoms. The molecule has 144 valence electrons. The van der Waals surface area contributed by atoms with Crippen molar-refractivity contribution in [3.63, 3.8) is 0 Å². The third-order valence-electron chi connectivity index (χ3n) is 4.14. The Kier molecular flexibility index (Phi) is 5.84. The average molecular weight is 395 g/mol. The fraction of sp³-hybridized carbons (Fsp3) is 0.238. The lowest BCUT2D eigenvalue weighted by Gasteiger charge is -2.19. The van der Waals surface area contributed by atoms with E-state index in [-0.39, 0.29) is 23.7 Å². The van der Waals surface area contributed by atoms with Crippen LogP contribution in [0, 0.1) is 0 Å². The molecule has 3 rings (SSSR count). The Morgan fingerprint density at radius 2 is 1.75 bits per heavy atom. The topological polar surface area (TPSA) is 84.0 Å². The van der Waals surface area contributed by atoms with E-state index in [2.05, 4.69) is 53.5 Å². The van der Waals surface area contributed by atoms with Crippen molar-refractivity contribution < 1.29 is 9.59 Å². The van der Waals surface area contributed by atoms with Crippen LogP contribution in [0.15, 0.2) is 53.5 Å². The van der Waals surface area contributed by atoms with Crippen LogP contribution in [-0.2, 0) is 16.6 Å². The Morgan fingerprint density at radius 3 is 2.32 bits per heavy atom. The minimum atomic E-state index is -0.316. The molecule has 0 bridgehead atoms. The molecule has 6 nitrogen and oxygen atoms in total. The molecule has 2 amide bonds. The molecule has 0 unspecified atom stereocenters. The van der Waals surface area contributed by atoms with Gasteiger partial charge in [-0.2, -0.15) is 0 Å². The van der Waals surface area contributed by atoms with E-state index in [1.54, 1.807) is 23.0 Å². The standard InChI is InChI=1S/C21H22N4O2S/c1-21(2,3)15-6-4-14(5-7-15)10-19(26)24-16-8-9-18(22-11-16)25-20(27)17-12-28-13-23-17/h4-9,11-13H,10H2,1-3H3,(H,24,26)(H,22,25,27). The monoisotopic (exact) mass is 394 g/mol. The van der Waals surface area contributed by atoms with Crippen LogP contribution < -0.4 is 10.6 Å². The second-order valence-electron chi connectivity index (χ2n) is 7.43. The maximum absolute atomic E-state index is 12.3. The third-order valence-corrected chi connectivity index (χ3v) is 4.72. The van der Waals surface area contributed by atoms with Crippen molar-refractivity contribution in [3.8, 4) is 0 Å². The van der Waals surface area contributed by atoms with Crippen molar-refractivity contribution in [1.29, 1.82) is 0 Å².